The fourth-order valence-electron chi connectivity index (χ4n) is 3.68. The Morgan fingerprint density at radius 3 is 2.18 bits per heavy atom. The predicted octanol–water partition coefficient (Wildman–Crippen LogP) is 4.29. The quantitative estimate of drug-likeness (QED) is 0.319. The van der Waals surface area contributed by atoms with Crippen molar-refractivity contribution in [2.75, 3.05) is 11.9 Å². The number of likely N-dealkylation sites (N-methyl/N-ethyl adjacent to an activating group) is 1. The van der Waals surface area contributed by atoms with E-state index in [-0.39, 0.29) is 29.2 Å². The highest BCUT2D eigenvalue weighted by Crippen LogP contribution is 2.35. The van der Waals surface area contributed by atoms with Crippen LogP contribution in [0, 0.1) is 21.7 Å². The first-order chi connectivity index (χ1) is 15.8. The van der Waals surface area contributed by atoms with Gasteiger partial charge in [-0.25, -0.2) is 13.7 Å². The molecule has 3 aromatic rings. The topological polar surface area (TPSA) is 83.8 Å². The molecule has 0 bridgehead atoms. The van der Waals surface area contributed by atoms with Gasteiger partial charge >= 0.3 is 0 Å². The summed E-state index contributed by atoms with van der Waals surface area (Å²) in [4.78, 5) is 39.6. The molecule has 0 saturated heterocycles. The molecule has 0 spiro atoms. The number of amides is 2. The summed E-state index contributed by atoms with van der Waals surface area (Å²) in [6, 6.07) is 17.2. The van der Waals surface area contributed by atoms with Crippen LogP contribution >= 0.6 is 0 Å². The van der Waals surface area contributed by atoms with Crippen molar-refractivity contribution >= 4 is 28.8 Å². The van der Waals surface area contributed by atoms with Gasteiger partial charge in [0, 0.05) is 31.8 Å². The average molecular weight is 449 g/mol. The first kappa shape index (κ1) is 21.8. The molecule has 3 aromatic carbocycles. The first-order valence-corrected chi connectivity index (χ1v) is 9.86. The van der Waals surface area contributed by atoms with E-state index in [0.29, 0.717) is 5.56 Å². The largest absolute Gasteiger partial charge is 0.365 e. The minimum absolute atomic E-state index is 0.0121. The summed E-state index contributed by atoms with van der Waals surface area (Å²) in [6.45, 7) is 0.289. The number of halogens is 2. The maximum absolute atomic E-state index is 13.9. The van der Waals surface area contributed by atoms with Gasteiger partial charge in [-0.1, -0.05) is 30.3 Å². The molecule has 166 valence electrons. The van der Waals surface area contributed by atoms with Crippen LogP contribution in [0.5, 0.6) is 0 Å². The Kier molecular flexibility index (Phi) is 5.70. The van der Waals surface area contributed by atoms with Crippen LogP contribution in [0.25, 0.3) is 5.57 Å². The molecular weight excluding hydrogens is 432 g/mol. The molecule has 0 aromatic heterocycles. The molecule has 2 amide bonds. The molecular formula is C24H17F2N3O4. The second kappa shape index (κ2) is 8.62. The van der Waals surface area contributed by atoms with Gasteiger partial charge in [-0.15, -0.1) is 0 Å². The van der Waals surface area contributed by atoms with Crippen molar-refractivity contribution in [3.05, 3.63) is 111 Å². The molecule has 0 atom stereocenters. The molecule has 0 saturated carbocycles. The normalized spacial score (nSPS) is 13.6. The molecule has 0 unspecified atom stereocenters. The molecule has 0 fully saturated rings. The fourth-order valence-corrected chi connectivity index (χ4v) is 3.68. The van der Waals surface area contributed by atoms with Crippen LogP contribution in [0.3, 0.4) is 0 Å². The number of carbonyl (C=O) groups excluding carboxylic acids is 2. The van der Waals surface area contributed by atoms with Crippen LogP contribution in [-0.2, 0) is 16.1 Å². The molecule has 0 radical (unpaired) electrons. The summed E-state index contributed by atoms with van der Waals surface area (Å²) in [5.41, 5.74) is 0.931. The minimum atomic E-state index is -1.20. The van der Waals surface area contributed by atoms with E-state index in [1.807, 2.05) is 30.3 Å². The summed E-state index contributed by atoms with van der Waals surface area (Å²) in [6.07, 6.45) is 0. The highest BCUT2D eigenvalue weighted by molar-refractivity contribution is 6.45. The second-order valence-electron chi connectivity index (χ2n) is 7.41. The number of nitrogens with zero attached hydrogens (tertiary/aromatic N) is 3. The molecule has 33 heavy (non-hydrogen) atoms. The van der Waals surface area contributed by atoms with E-state index in [4.69, 9.17) is 0 Å². The van der Waals surface area contributed by atoms with E-state index in [2.05, 4.69) is 0 Å². The zero-order valence-corrected chi connectivity index (χ0v) is 17.4. The number of non-ortho nitro benzene ring substituents is 1. The number of anilines is 1. The third kappa shape index (κ3) is 4.08. The van der Waals surface area contributed by atoms with Crippen LogP contribution in [-0.4, -0.2) is 28.7 Å². The van der Waals surface area contributed by atoms with Gasteiger partial charge in [0.2, 0.25) is 0 Å². The number of benzene rings is 3. The van der Waals surface area contributed by atoms with Crippen molar-refractivity contribution in [3.63, 3.8) is 0 Å². The van der Waals surface area contributed by atoms with E-state index in [9.17, 15) is 28.5 Å². The Morgan fingerprint density at radius 2 is 1.58 bits per heavy atom. The van der Waals surface area contributed by atoms with Crippen molar-refractivity contribution in [3.8, 4) is 0 Å². The Balaban J connectivity index is 1.81. The zero-order valence-electron chi connectivity index (χ0n) is 17.4. The molecule has 7 nitrogen and oxygen atoms in total. The van der Waals surface area contributed by atoms with E-state index in [0.717, 1.165) is 28.7 Å². The first-order valence-electron chi connectivity index (χ1n) is 9.86. The lowest BCUT2D eigenvalue weighted by Crippen LogP contribution is -2.34. The molecule has 1 heterocycles. The number of hydrogen-bond donors (Lipinski definition) is 0. The lowest BCUT2D eigenvalue weighted by molar-refractivity contribution is -0.384. The van der Waals surface area contributed by atoms with Gasteiger partial charge in [0.25, 0.3) is 17.5 Å². The maximum Gasteiger partial charge on any atom is 0.282 e. The monoisotopic (exact) mass is 449 g/mol. The summed E-state index contributed by atoms with van der Waals surface area (Å²) in [5, 5.41) is 11.0. The van der Waals surface area contributed by atoms with Crippen molar-refractivity contribution < 1.29 is 23.3 Å². The van der Waals surface area contributed by atoms with Crippen LogP contribution in [0.15, 0.2) is 78.5 Å². The standard InChI is InChI=1S/C24H17F2N3O4/c1-27(14-15-5-3-2-4-6-15)22-21(16-7-9-17(10-8-16)29(32)33)23(30)28(24(22)31)18-11-12-19(25)20(26)13-18/h2-13H,14H2,1H3. The Morgan fingerprint density at radius 1 is 0.909 bits per heavy atom. The highest BCUT2D eigenvalue weighted by Gasteiger charge is 2.42. The predicted molar refractivity (Wildman–Crippen MR) is 117 cm³/mol. The third-order valence-electron chi connectivity index (χ3n) is 5.23. The van der Waals surface area contributed by atoms with Gasteiger partial charge in [-0.05, 0) is 35.4 Å². The average Bonchev–Trinajstić information content (AvgIpc) is 3.06. The molecule has 0 N–H and O–H groups in total. The summed E-state index contributed by atoms with van der Waals surface area (Å²) < 4.78 is 27.3. The second-order valence-corrected chi connectivity index (χ2v) is 7.41. The number of nitro benzene ring substituents is 1. The van der Waals surface area contributed by atoms with Gasteiger partial charge in [0.05, 0.1) is 16.2 Å². The Labute approximate surface area is 187 Å². The summed E-state index contributed by atoms with van der Waals surface area (Å²) in [5.74, 6) is -3.76. The van der Waals surface area contributed by atoms with Crippen molar-refractivity contribution in [2.45, 2.75) is 6.54 Å². The highest BCUT2D eigenvalue weighted by atomic mass is 19.2. The molecule has 1 aliphatic rings. The van der Waals surface area contributed by atoms with Gasteiger partial charge in [-0.3, -0.25) is 19.7 Å². The molecule has 4 rings (SSSR count). The van der Waals surface area contributed by atoms with E-state index in [1.54, 1.807) is 11.9 Å². The van der Waals surface area contributed by atoms with Gasteiger partial charge in [0.15, 0.2) is 11.6 Å². The number of nitro groups is 1. The smallest absolute Gasteiger partial charge is 0.282 e. The lowest BCUT2D eigenvalue weighted by atomic mass is 10.0. The lowest BCUT2D eigenvalue weighted by Gasteiger charge is -2.21. The Bertz CT molecular complexity index is 1290. The number of rotatable bonds is 6. The van der Waals surface area contributed by atoms with Crippen LogP contribution in [0.4, 0.5) is 20.2 Å². The number of imide groups is 1. The number of carbonyl (C=O) groups is 2. The van der Waals surface area contributed by atoms with E-state index < -0.39 is 28.4 Å². The third-order valence-corrected chi connectivity index (χ3v) is 5.23. The SMILES string of the molecule is CN(Cc1ccccc1)C1=C(c2ccc([N+](=O)[O-])cc2)C(=O)N(c2ccc(F)c(F)c2)C1=O. The fraction of sp³-hybridized carbons (Fsp3) is 0.0833. The van der Waals surface area contributed by atoms with Gasteiger partial charge < -0.3 is 4.90 Å². The van der Waals surface area contributed by atoms with Gasteiger partial charge in [0.1, 0.15) is 5.70 Å². The zero-order chi connectivity index (χ0) is 23.7. The van der Waals surface area contributed by atoms with Crippen LogP contribution < -0.4 is 4.90 Å². The maximum atomic E-state index is 13.9. The molecule has 0 aliphatic carbocycles. The van der Waals surface area contributed by atoms with Crippen LogP contribution in [0.2, 0.25) is 0 Å². The van der Waals surface area contributed by atoms with Crippen molar-refractivity contribution in [2.24, 2.45) is 0 Å². The van der Waals surface area contributed by atoms with Crippen LogP contribution in [0.1, 0.15) is 11.1 Å². The van der Waals surface area contributed by atoms with E-state index >= 15 is 0 Å². The Hall–Kier alpha value is -4.40. The molecule has 9 heteroatoms. The summed E-state index contributed by atoms with van der Waals surface area (Å²) in [7, 11) is 1.63. The minimum Gasteiger partial charge on any atom is -0.365 e. The van der Waals surface area contributed by atoms with Crippen molar-refractivity contribution in [1.29, 1.82) is 0 Å². The molecule has 1 aliphatic heterocycles. The van der Waals surface area contributed by atoms with Crippen molar-refractivity contribution in [1.82, 2.24) is 4.90 Å². The van der Waals surface area contributed by atoms with Gasteiger partial charge in [-0.2, -0.15) is 0 Å². The number of hydrogen-bond acceptors (Lipinski definition) is 5. The summed E-state index contributed by atoms with van der Waals surface area (Å²) >= 11 is 0. The van der Waals surface area contributed by atoms with E-state index in [1.165, 1.54) is 24.3 Å².